The molecular formula is C23H17FN6O3. The molecule has 1 amide bonds. The van der Waals surface area contributed by atoms with Crippen molar-refractivity contribution in [2.45, 2.75) is 5.85 Å². The molecule has 0 bridgehead atoms. The number of primary amides is 1. The predicted octanol–water partition coefficient (Wildman–Crippen LogP) is 3.43. The lowest BCUT2D eigenvalue weighted by molar-refractivity contribution is -0.0878. The molecule has 9 nitrogen and oxygen atoms in total. The third-order valence-corrected chi connectivity index (χ3v) is 5.51. The summed E-state index contributed by atoms with van der Waals surface area (Å²) in [5.74, 6) is -2.49. The number of anilines is 1. The Balaban J connectivity index is 1.30. The molecule has 1 aliphatic heterocycles. The van der Waals surface area contributed by atoms with E-state index in [1.54, 1.807) is 29.3 Å². The molecule has 164 valence electrons. The molecule has 33 heavy (non-hydrogen) atoms. The van der Waals surface area contributed by atoms with Crippen LogP contribution in [0.1, 0.15) is 10.5 Å². The van der Waals surface area contributed by atoms with Gasteiger partial charge in [-0.2, -0.15) is 9.37 Å². The van der Waals surface area contributed by atoms with Crippen molar-refractivity contribution in [3.05, 3.63) is 66.6 Å². The minimum atomic E-state index is -1.98. The van der Waals surface area contributed by atoms with Gasteiger partial charge in [-0.05, 0) is 30.3 Å². The number of carbonyl (C=O) groups excluding carboxylic acids is 1. The summed E-state index contributed by atoms with van der Waals surface area (Å²) in [5.41, 5.74) is 9.28. The summed E-state index contributed by atoms with van der Waals surface area (Å²) in [5, 5.41) is 0. The summed E-state index contributed by atoms with van der Waals surface area (Å²) < 4.78 is 27.0. The van der Waals surface area contributed by atoms with E-state index in [4.69, 9.17) is 14.9 Å². The second-order valence-electron chi connectivity index (χ2n) is 7.85. The topological polar surface area (TPSA) is 123 Å². The minimum Gasteiger partial charge on any atom is -0.436 e. The summed E-state index contributed by atoms with van der Waals surface area (Å²) >= 11 is 0. The smallest absolute Gasteiger partial charge is 0.298 e. The molecule has 5 heterocycles. The van der Waals surface area contributed by atoms with Gasteiger partial charge in [-0.1, -0.05) is 18.2 Å². The van der Waals surface area contributed by atoms with Crippen LogP contribution in [-0.2, 0) is 0 Å². The van der Waals surface area contributed by atoms with Crippen LogP contribution in [0.4, 0.5) is 10.4 Å². The van der Waals surface area contributed by atoms with Gasteiger partial charge in [0.1, 0.15) is 11.2 Å². The van der Waals surface area contributed by atoms with Gasteiger partial charge in [-0.25, -0.2) is 4.98 Å². The third kappa shape index (κ3) is 3.32. The number of nitrogens with zero attached hydrogens (tertiary/aromatic N) is 4. The highest BCUT2D eigenvalue weighted by atomic mass is 19.2. The largest absolute Gasteiger partial charge is 0.436 e. The molecule has 5 aromatic rings. The summed E-state index contributed by atoms with van der Waals surface area (Å²) in [7, 11) is 0. The van der Waals surface area contributed by atoms with Gasteiger partial charge >= 0.3 is 0 Å². The summed E-state index contributed by atoms with van der Waals surface area (Å²) in [6.07, 6.45) is 3.22. The van der Waals surface area contributed by atoms with Crippen LogP contribution in [-0.4, -0.2) is 44.8 Å². The van der Waals surface area contributed by atoms with Gasteiger partial charge in [0.2, 0.25) is 5.88 Å². The van der Waals surface area contributed by atoms with Crippen LogP contribution in [0.2, 0.25) is 0 Å². The number of para-hydroxylation sites is 2. The number of carbonyl (C=O) groups is 1. The molecule has 0 spiro atoms. The van der Waals surface area contributed by atoms with E-state index in [0.29, 0.717) is 33.8 Å². The van der Waals surface area contributed by atoms with Crippen LogP contribution in [0.25, 0.3) is 33.3 Å². The Hall–Kier alpha value is -4.47. The first-order valence-electron chi connectivity index (χ1n) is 10.2. The first-order chi connectivity index (χ1) is 16.0. The van der Waals surface area contributed by atoms with Crippen molar-refractivity contribution < 1.29 is 18.3 Å². The number of hydrogen-bond acceptors (Lipinski definition) is 7. The zero-order valence-corrected chi connectivity index (χ0v) is 17.2. The Morgan fingerprint density at radius 3 is 2.76 bits per heavy atom. The highest BCUT2D eigenvalue weighted by Gasteiger charge is 2.49. The molecule has 4 aromatic heterocycles. The number of alkyl halides is 1. The molecule has 6 rings (SSSR count). The maximum Gasteiger partial charge on any atom is 0.298 e. The number of H-pyrrole nitrogens is 1. The van der Waals surface area contributed by atoms with E-state index in [-0.39, 0.29) is 24.7 Å². The number of nitrogens with one attached hydrogen (secondary N) is 1. The zero-order chi connectivity index (χ0) is 22.6. The predicted molar refractivity (Wildman–Crippen MR) is 119 cm³/mol. The van der Waals surface area contributed by atoms with Crippen molar-refractivity contribution in [2.75, 3.05) is 18.0 Å². The van der Waals surface area contributed by atoms with E-state index in [0.717, 1.165) is 5.52 Å². The maximum absolute atomic E-state index is 15.5. The van der Waals surface area contributed by atoms with Crippen LogP contribution < -0.4 is 15.4 Å². The van der Waals surface area contributed by atoms with Crippen LogP contribution >= 0.6 is 0 Å². The molecule has 3 N–H and O–H groups in total. The number of fused-ring (bicyclic) bond motifs is 2. The number of amides is 1. The Labute approximate surface area is 186 Å². The van der Waals surface area contributed by atoms with Crippen LogP contribution in [0.5, 0.6) is 5.88 Å². The van der Waals surface area contributed by atoms with E-state index in [9.17, 15) is 4.79 Å². The average Bonchev–Trinajstić information content (AvgIpc) is 3.43. The standard InChI is InChI=1S/C23H17FN6O3/c24-23(11-30(12-23)22-29-16-3-1-2-4-19(16)32-22)33-21-14(9-18-15(28-21)7-8-26-18)13-5-6-17(20(25)31)27-10-13/h1-10,26H,11-12H2,(H2,25,31). The number of pyridine rings is 2. The molecule has 0 unspecified atom stereocenters. The number of aromatic nitrogens is 4. The normalized spacial score (nSPS) is 15.0. The number of halogens is 1. The number of benzene rings is 1. The van der Waals surface area contributed by atoms with Crippen molar-refractivity contribution in [2.24, 2.45) is 5.73 Å². The monoisotopic (exact) mass is 444 g/mol. The second kappa shape index (κ2) is 7.02. The van der Waals surface area contributed by atoms with E-state index < -0.39 is 11.8 Å². The molecule has 1 saturated heterocycles. The Bertz CT molecular complexity index is 1470. The zero-order valence-electron chi connectivity index (χ0n) is 17.2. The third-order valence-electron chi connectivity index (χ3n) is 5.51. The van der Waals surface area contributed by atoms with Gasteiger partial charge in [0, 0.05) is 23.5 Å². The number of nitrogens with two attached hydrogens (primary N) is 1. The van der Waals surface area contributed by atoms with Gasteiger partial charge in [0.15, 0.2) is 5.58 Å². The van der Waals surface area contributed by atoms with Gasteiger partial charge in [0.25, 0.3) is 17.8 Å². The second-order valence-corrected chi connectivity index (χ2v) is 7.85. The Morgan fingerprint density at radius 1 is 1.15 bits per heavy atom. The van der Waals surface area contributed by atoms with Crippen molar-refractivity contribution in [3.63, 3.8) is 0 Å². The van der Waals surface area contributed by atoms with Gasteiger partial charge < -0.3 is 24.8 Å². The van der Waals surface area contributed by atoms with Gasteiger partial charge in [-0.15, -0.1) is 0 Å². The number of aromatic amines is 1. The van der Waals surface area contributed by atoms with E-state index in [2.05, 4.69) is 19.9 Å². The number of hydrogen-bond donors (Lipinski definition) is 2. The van der Waals surface area contributed by atoms with Crippen molar-refractivity contribution in [3.8, 4) is 17.0 Å². The molecule has 1 aliphatic rings. The van der Waals surface area contributed by atoms with Gasteiger partial charge in [0.05, 0.1) is 24.1 Å². The first kappa shape index (κ1) is 19.2. The van der Waals surface area contributed by atoms with Crippen LogP contribution in [0.3, 0.4) is 0 Å². The Kier molecular flexibility index (Phi) is 4.09. The SMILES string of the molecule is NC(=O)c1ccc(-c2cc3[nH]ccc3nc2OC2(F)CN(c3nc4ccccc4o3)C2)cn1. The van der Waals surface area contributed by atoms with E-state index >= 15 is 4.39 Å². The first-order valence-corrected chi connectivity index (χ1v) is 10.2. The van der Waals surface area contributed by atoms with Crippen molar-refractivity contribution >= 4 is 34.1 Å². The highest BCUT2D eigenvalue weighted by molar-refractivity contribution is 5.91. The molecule has 0 atom stereocenters. The lowest BCUT2D eigenvalue weighted by Gasteiger charge is -2.42. The lowest BCUT2D eigenvalue weighted by atomic mass is 10.1. The number of ether oxygens (including phenoxy) is 1. The van der Waals surface area contributed by atoms with Crippen molar-refractivity contribution in [1.29, 1.82) is 0 Å². The Morgan fingerprint density at radius 2 is 2.00 bits per heavy atom. The molecule has 0 radical (unpaired) electrons. The lowest BCUT2D eigenvalue weighted by Crippen LogP contribution is -2.62. The van der Waals surface area contributed by atoms with Crippen LogP contribution in [0, 0.1) is 0 Å². The van der Waals surface area contributed by atoms with Crippen molar-refractivity contribution in [1.82, 2.24) is 19.9 Å². The van der Waals surface area contributed by atoms with E-state index in [1.165, 1.54) is 12.3 Å². The van der Waals surface area contributed by atoms with Crippen LogP contribution in [0.15, 0.2) is 65.3 Å². The maximum atomic E-state index is 15.5. The summed E-state index contributed by atoms with van der Waals surface area (Å²) in [6, 6.07) is 14.5. The molecule has 10 heteroatoms. The average molecular weight is 444 g/mol. The molecule has 1 aromatic carbocycles. The number of rotatable bonds is 5. The van der Waals surface area contributed by atoms with Gasteiger partial charge in [-0.3, -0.25) is 9.78 Å². The fourth-order valence-corrected chi connectivity index (χ4v) is 3.84. The quantitative estimate of drug-likeness (QED) is 0.426. The number of oxazole rings is 1. The minimum absolute atomic E-state index is 0.0645. The van der Waals surface area contributed by atoms with E-state index in [1.807, 2.05) is 24.3 Å². The summed E-state index contributed by atoms with van der Waals surface area (Å²) in [6.45, 7) is -0.129. The highest BCUT2D eigenvalue weighted by Crippen LogP contribution is 2.38. The molecular weight excluding hydrogens is 427 g/mol. The molecule has 0 aliphatic carbocycles. The fraction of sp³-hybridized carbons (Fsp3) is 0.130. The molecule has 0 saturated carbocycles. The molecule has 1 fully saturated rings. The summed E-state index contributed by atoms with van der Waals surface area (Å²) in [4.78, 5) is 29.1. The fourth-order valence-electron chi connectivity index (χ4n) is 3.84.